The average Bonchev–Trinajstić information content (AvgIpc) is 2.23. The Hall–Kier alpha value is -1.83. The molecule has 0 bridgehead atoms. The molecule has 0 aliphatic rings. The van der Waals surface area contributed by atoms with Gasteiger partial charge in [-0.05, 0) is 36.2 Å². The van der Waals surface area contributed by atoms with E-state index in [0.717, 1.165) is 11.1 Å². The number of hydrogen-bond donors (Lipinski definition) is 1. The van der Waals surface area contributed by atoms with Crippen LogP contribution in [-0.4, -0.2) is 5.11 Å². The lowest BCUT2D eigenvalue weighted by Gasteiger charge is -2.07. The first-order valence-electron chi connectivity index (χ1n) is 4.73. The van der Waals surface area contributed by atoms with Crippen LogP contribution in [0.1, 0.15) is 5.56 Å². The van der Waals surface area contributed by atoms with Crippen molar-refractivity contribution < 1.29 is 9.50 Å². The van der Waals surface area contributed by atoms with Crippen molar-refractivity contribution in [2.75, 3.05) is 0 Å². The third-order valence-corrected chi connectivity index (χ3v) is 2.39. The van der Waals surface area contributed by atoms with Gasteiger partial charge in [-0.25, -0.2) is 4.39 Å². The maximum atomic E-state index is 13.1. The molecule has 0 aromatic heterocycles. The van der Waals surface area contributed by atoms with Crippen LogP contribution >= 0.6 is 0 Å². The van der Waals surface area contributed by atoms with E-state index in [1.165, 1.54) is 18.2 Å². The number of hydrogen-bond acceptors (Lipinski definition) is 1. The van der Waals surface area contributed by atoms with Gasteiger partial charge in [0.05, 0.1) is 0 Å². The second-order valence-corrected chi connectivity index (χ2v) is 3.48. The van der Waals surface area contributed by atoms with Gasteiger partial charge in [0.2, 0.25) is 0 Å². The van der Waals surface area contributed by atoms with Crippen LogP contribution in [0.3, 0.4) is 0 Å². The standard InChI is InChI=1S/C13H11FO/c1-9-4-2-3-5-11(9)12-8-10(14)6-7-13(12)15/h2-8,15H,1H3. The van der Waals surface area contributed by atoms with Gasteiger partial charge in [-0.15, -0.1) is 0 Å². The molecule has 2 heteroatoms. The van der Waals surface area contributed by atoms with E-state index >= 15 is 0 Å². The summed E-state index contributed by atoms with van der Waals surface area (Å²) in [5.41, 5.74) is 2.40. The largest absolute Gasteiger partial charge is 0.507 e. The minimum Gasteiger partial charge on any atom is -0.507 e. The fourth-order valence-corrected chi connectivity index (χ4v) is 1.60. The Labute approximate surface area is 87.8 Å². The molecule has 2 rings (SSSR count). The van der Waals surface area contributed by atoms with Crippen LogP contribution < -0.4 is 0 Å². The molecule has 15 heavy (non-hydrogen) atoms. The first-order valence-corrected chi connectivity index (χ1v) is 4.73. The SMILES string of the molecule is Cc1ccccc1-c1cc(F)ccc1O. The molecule has 0 spiro atoms. The van der Waals surface area contributed by atoms with Crippen molar-refractivity contribution >= 4 is 0 Å². The Bertz CT molecular complexity index is 492. The van der Waals surface area contributed by atoms with Crippen molar-refractivity contribution in [3.8, 4) is 16.9 Å². The highest BCUT2D eigenvalue weighted by Gasteiger charge is 2.07. The molecule has 0 aliphatic carbocycles. The molecule has 0 fully saturated rings. The normalized spacial score (nSPS) is 10.3. The number of aryl methyl sites for hydroxylation is 1. The number of rotatable bonds is 1. The summed E-state index contributed by atoms with van der Waals surface area (Å²) in [5.74, 6) is -0.239. The molecule has 0 atom stereocenters. The summed E-state index contributed by atoms with van der Waals surface area (Å²) in [6.07, 6.45) is 0. The minimum atomic E-state index is -0.342. The summed E-state index contributed by atoms with van der Waals surface area (Å²) in [6.45, 7) is 1.93. The topological polar surface area (TPSA) is 20.2 Å². The van der Waals surface area contributed by atoms with Crippen LogP contribution in [0.2, 0.25) is 0 Å². The van der Waals surface area contributed by atoms with Crippen LogP contribution in [0, 0.1) is 12.7 Å². The lowest BCUT2D eigenvalue weighted by Crippen LogP contribution is -1.85. The molecule has 0 amide bonds. The van der Waals surface area contributed by atoms with Crippen LogP contribution in [0.25, 0.3) is 11.1 Å². The zero-order valence-electron chi connectivity index (χ0n) is 8.37. The Morgan fingerprint density at radius 1 is 1.00 bits per heavy atom. The zero-order chi connectivity index (χ0) is 10.8. The predicted molar refractivity (Wildman–Crippen MR) is 58.2 cm³/mol. The maximum Gasteiger partial charge on any atom is 0.124 e. The van der Waals surface area contributed by atoms with E-state index in [1.807, 2.05) is 31.2 Å². The molecule has 0 unspecified atom stereocenters. The summed E-state index contributed by atoms with van der Waals surface area (Å²) in [5, 5.41) is 9.65. The Morgan fingerprint density at radius 2 is 1.73 bits per heavy atom. The van der Waals surface area contributed by atoms with Gasteiger partial charge < -0.3 is 5.11 Å². The lowest BCUT2D eigenvalue weighted by molar-refractivity contribution is 0.475. The molecule has 0 saturated carbocycles. The number of halogens is 1. The second-order valence-electron chi connectivity index (χ2n) is 3.48. The highest BCUT2D eigenvalue weighted by atomic mass is 19.1. The van der Waals surface area contributed by atoms with Gasteiger partial charge in [0, 0.05) is 5.56 Å². The van der Waals surface area contributed by atoms with Gasteiger partial charge in [-0.3, -0.25) is 0 Å². The number of benzene rings is 2. The number of aromatic hydroxyl groups is 1. The van der Waals surface area contributed by atoms with Crippen LogP contribution in [0.4, 0.5) is 4.39 Å². The van der Waals surface area contributed by atoms with Crippen LogP contribution in [0.15, 0.2) is 42.5 Å². The van der Waals surface area contributed by atoms with E-state index in [9.17, 15) is 9.50 Å². The van der Waals surface area contributed by atoms with E-state index in [1.54, 1.807) is 0 Å². The molecule has 2 aromatic rings. The van der Waals surface area contributed by atoms with Gasteiger partial charge in [0.1, 0.15) is 11.6 Å². The molecule has 0 heterocycles. The zero-order valence-corrected chi connectivity index (χ0v) is 8.37. The quantitative estimate of drug-likeness (QED) is 0.750. The van der Waals surface area contributed by atoms with Crippen molar-refractivity contribution in [1.82, 2.24) is 0 Å². The summed E-state index contributed by atoms with van der Waals surface area (Å²) in [6, 6.07) is 11.5. The number of phenolic OH excluding ortho intramolecular Hbond substituents is 1. The number of phenols is 1. The van der Waals surface area contributed by atoms with Gasteiger partial charge in [0.15, 0.2) is 0 Å². The summed E-state index contributed by atoms with van der Waals surface area (Å²) in [4.78, 5) is 0. The highest BCUT2D eigenvalue weighted by Crippen LogP contribution is 2.31. The van der Waals surface area contributed by atoms with Crippen molar-refractivity contribution in [3.63, 3.8) is 0 Å². The Kier molecular flexibility index (Phi) is 2.42. The second kappa shape index (κ2) is 3.73. The van der Waals surface area contributed by atoms with Gasteiger partial charge in [-0.2, -0.15) is 0 Å². The van der Waals surface area contributed by atoms with Crippen molar-refractivity contribution in [2.24, 2.45) is 0 Å². The average molecular weight is 202 g/mol. The highest BCUT2D eigenvalue weighted by molar-refractivity contribution is 5.72. The Balaban J connectivity index is 2.64. The first-order chi connectivity index (χ1) is 7.18. The molecule has 0 radical (unpaired) electrons. The van der Waals surface area contributed by atoms with Crippen molar-refractivity contribution in [1.29, 1.82) is 0 Å². The fourth-order valence-electron chi connectivity index (χ4n) is 1.60. The van der Waals surface area contributed by atoms with Crippen LogP contribution in [0.5, 0.6) is 5.75 Å². The molecule has 0 aliphatic heterocycles. The molecule has 0 saturated heterocycles. The molecular weight excluding hydrogens is 191 g/mol. The van der Waals surface area contributed by atoms with Gasteiger partial charge in [0.25, 0.3) is 0 Å². The van der Waals surface area contributed by atoms with Crippen LogP contribution in [-0.2, 0) is 0 Å². The van der Waals surface area contributed by atoms with Gasteiger partial charge >= 0.3 is 0 Å². The van der Waals surface area contributed by atoms with E-state index in [0.29, 0.717) is 5.56 Å². The molecular formula is C13H11FO. The van der Waals surface area contributed by atoms with Gasteiger partial charge in [-0.1, -0.05) is 24.3 Å². The lowest BCUT2D eigenvalue weighted by atomic mass is 10.00. The third kappa shape index (κ3) is 1.84. The van der Waals surface area contributed by atoms with E-state index in [2.05, 4.69) is 0 Å². The first kappa shape index (κ1) is 9.71. The molecule has 1 N–H and O–H groups in total. The van der Waals surface area contributed by atoms with Crippen molar-refractivity contribution in [3.05, 3.63) is 53.8 Å². The van der Waals surface area contributed by atoms with E-state index in [4.69, 9.17) is 0 Å². The Morgan fingerprint density at radius 3 is 2.47 bits per heavy atom. The summed E-state index contributed by atoms with van der Waals surface area (Å²) < 4.78 is 13.1. The fraction of sp³-hybridized carbons (Fsp3) is 0.0769. The van der Waals surface area contributed by atoms with E-state index in [-0.39, 0.29) is 11.6 Å². The monoisotopic (exact) mass is 202 g/mol. The molecule has 1 nitrogen and oxygen atoms in total. The maximum absolute atomic E-state index is 13.1. The van der Waals surface area contributed by atoms with E-state index < -0.39 is 0 Å². The van der Waals surface area contributed by atoms with Crippen molar-refractivity contribution in [2.45, 2.75) is 6.92 Å². The summed E-state index contributed by atoms with van der Waals surface area (Å²) >= 11 is 0. The smallest absolute Gasteiger partial charge is 0.124 e. The molecule has 76 valence electrons. The molecule has 2 aromatic carbocycles. The minimum absolute atomic E-state index is 0.103. The predicted octanol–water partition coefficient (Wildman–Crippen LogP) is 3.51. The summed E-state index contributed by atoms with van der Waals surface area (Å²) in [7, 11) is 0. The third-order valence-electron chi connectivity index (χ3n) is 2.39.